The fraction of sp³-hybridized carbons (Fsp3) is 0.389. The molecule has 0 radical (unpaired) electrons. The first-order valence-corrected chi connectivity index (χ1v) is 10.7. The standard InChI is InChI=1S/C18H20F3N5O3S/c19-18(20,21)12-9-14(16(24-11-12)26-7-3-1-2-4-8-26)17(27)25-13-5-6-23-15(10-13)30(22,28)29/h5-6,9-11H,1-4,7-8H2,(H2,22,28,29)(H,23,25,27). The second kappa shape index (κ2) is 8.56. The van der Waals surface area contributed by atoms with Gasteiger partial charge in [0.15, 0.2) is 5.03 Å². The summed E-state index contributed by atoms with van der Waals surface area (Å²) in [7, 11) is -4.11. The van der Waals surface area contributed by atoms with Crippen molar-refractivity contribution in [3.05, 3.63) is 41.7 Å². The third-order valence-corrected chi connectivity index (χ3v) is 5.43. The molecule has 0 atom stereocenters. The van der Waals surface area contributed by atoms with Crippen LogP contribution in [0.15, 0.2) is 35.6 Å². The lowest BCUT2D eigenvalue weighted by atomic mass is 10.1. The van der Waals surface area contributed by atoms with E-state index in [4.69, 9.17) is 5.14 Å². The maximum atomic E-state index is 13.2. The fourth-order valence-electron chi connectivity index (χ4n) is 3.16. The Hall–Kier alpha value is -2.73. The average Bonchev–Trinajstić information content (AvgIpc) is 2.96. The average molecular weight is 443 g/mol. The lowest BCUT2D eigenvalue weighted by molar-refractivity contribution is -0.137. The number of nitrogens with two attached hydrogens (primary N) is 1. The predicted octanol–water partition coefficient (Wildman–Crippen LogP) is 2.78. The van der Waals surface area contributed by atoms with Gasteiger partial charge in [-0.15, -0.1) is 0 Å². The van der Waals surface area contributed by atoms with Crippen molar-refractivity contribution in [2.75, 3.05) is 23.3 Å². The molecule has 0 aliphatic carbocycles. The van der Waals surface area contributed by atoms with Crippen LogP contribution in [-0.2, 0) is 16.2 Å². The Morgan fingerprint density at radius 2 is 1.77 bits per heavy atom. The zero-order valence-electron chi connectivity index (χ0n) is 15.8. The summed E-state index contributed by atoms with van der Waals surface area (Å²) < 4.78 is 62.5. The minimum atomic E-state index is -4.67. The van der Waals surface area contributed by atoms with Crippen LogP contribution < -0.4 is 15.4 Å². The molecule has 2 aromatic rings. The van der Waals surface area contributed by atoms with Crippen LogP contribution in [0.2, 0.25) is 0 Å². The van der Waals surface area contributed by atoms with E-state index in [1.54, 1.807) is 4.90 Å². The monoisotopic (exact) mass is 443 g/mol. The van der Waals surface area contributed by atoms with E-state index < -0.39 is 32.7 Å². The summed E-state index contributed by atoms with van der Waals surface area (Å²) >= 11 is 0. The number of aromatic nitrogens is 2. The first-order valence-electron chi connectivity index (χ1n) is 9.18. The molecule has 0 aromatic carbocycles. The molecule has 1 saturated heterocycles. The summed E-state index contributed by atoms with van der Waals surface area (Å²) in [5.74, 6) is -0.692. The van der Waals surface area contributed by atoms with Gasteiger partial charge in [0.05, 0.1) is 11.1 Å². The number of carbonyl (C=O) groups is 1. The van der Waals surface area contributed by atoms with Gasteiger partial charge in [-0.1, -0.05) is 12.8 Å². The van der Waals surface area contributed by atoms with Crippen LogP contribution in [0.3, 0.4) is 0 Å². The van der Waals surface area contributed by atoms with E-state index in [2.05, 4.69) is 15.3 Å². The number of primary sulfonamides is 1. The molecule has 8 nitrogen and oxygen atoms in total. The van der Waals surface area contributed by atoms with Gasteiger partial charge in [-0.3, -0.25) is 4.79 Å². The third kappa shape index (κ3) is 5.25. The highest BCUT2D eigenvalue weighted by Gasteiger charge is 2.33. The Bertz CT molecular complexity index is 1040. The number of anilines is 2. The number of halogens is 3. The summed E-state index contributed by atoms with van der Waals surface area (Å²) in [6.07, 6.45) is 0.824. The molecule has 1 aliphatic heterocycles. The van der Waals surface area contributed by atoms with Crippen LogP contribution in [0.25, 0.3) is 0 Å². The Kier molecular flexibility index (Phi) is 6.27. The maximum absolute atomic E-state index is 13.2. The van der Waals surface area contributed by atoms with Crippen molar-refractivity contribution < 1.29 is 26.4 Å². The molecule has 1 fully saturated rings. The van der Waals surface area contributed by atoms with Gasteiger partial charge >= 0.3 is 6.18 Å². The quantitative estimate of drug-likeness (QED) is 0.750. The smallest absolute Gasteiger partial charge is 0.356 e. The second-order valence-electron chi connectivity index (χ2n) is 6.88. The van der Waals surface area contributed by atoms with E-state index in [-0.39, 0.29) is 17.1 Å². The normalized spacial score (nSPS) is 15.5. The van der Waals surface area contributed by atoms with E-state index in [1.807, 2.05) is 0 Å². The molecule has 30 heavy (non-hydrogen) atoms. The summed E-state index contributed by atoms with van der Waals surface area (Å²) in [5.41, 5.74) is -1.27. The Morgan fingerprint density at radius 3 is 2.37 bits per heavy atom. The minimum absolute atomic E-state index is 0.0262. The minimum Gasteiger partial charge on any atom is -0.356 e. The Balaban J connectivity index is 1.98. The molecule has 1 amide bonds. The van der Waals surface area contributed by atoms with Gasteiger partial charge in [0.1, 0.15) is 5.82 Å². The number of nitrogens with zero attached hydrogens (tertiary/aromatic N) is 3. The van der Waals surface area contributed by atoms with E-state index >= 15 is 0 Å². The number of pyridine rings is 2. The van der Waals surface area contributed by atoms with E-state index in [0.29, 0.717) is 19.3 Å². The lowest BCUT2D eigenvalue weighted by Gasteiger charge is -2.24. The highest BCUT2D eigenvalue weighted by molar-refractivity contribution is 7.89. The molecule has 12 heteroatoms. The Labute approximate surface area is 171 Å². The number of sulfonamides is 1. The van der Waals surface area contributed by atoms with Crippen LogP contribution in [0, 0.1) is 0 Å². The molecular formula is C18H20F3N5O3S. The molecule has 2 aromatic heterocycles. The van der Waals surface area contributed by atoms with E-state index in [0.717, 1.165) is 44.0 Å². The zero-order valence-corrected chi connectivity index (χ0v) is 16.6. The molecular weight excluding hydrogens is 423 g/mol. The fourth-order valence-corrected chi connectivity index (χ4v) is 3.65. The van der Waals surface area contributed by atoms with Gasteiger partial charge < -0.3 is 10.2 Å². The number of carbonyl (C=O) groups excluding carboxylic acids is 1. The molecule has 0 spiro atoms. The van der Waals surface area contributed by atoms with Crippen LogP contribution in [0.1, 0.15) is 41.6 Å². The summed E-state index contributed by atoms with van der Waals surface area (Å²) in [5, 5.41) is 6.96. The first kappa shape index (κ1) is 22.0. The number of alkyl halides is 3. The SMILES string of the molecule is NS(=O)(=O)c1cc(NC(=O)c2cc(C(F)(F)F)cnc2N2CCCCCC2)ccn1. The predicted molar refractivity (Wildman–Crippen MR) is 103 cm³/mol. The van der Waals surface area contributed by atoms with Crippen LogP contribution in [0.5, 0.6) is 0 Å². The van der Waals surface area contributed by atoms with Gasteiger partial charge in [-0.05, 0) is 25.0 Å². The lowest BCUT2D eigenvalue weighted by Crippen LogP contribution is -2.29. The topological polar surface area (TPSA) is 118 Å². The van der Waals surface area contributed by atoms with Crippen molar-refractivity contribution >= 4 is 27.4 Å². The zero-order chi connectivity index (χ0) is 21.9. The van der Waals surface area contributed by atoms with E-state index in [1.165, 1.54) is 6.07 Å². The number of nitrogens with one attached hydrogen (secondary N) is 1. The van der Waals surface area contributed by atoms with Crippen LogP contribution in [0.4, 0.5) is 24.7 Å². The van der Waals surface area contributed by atoms with Crippen molar-refractivity contribution in [3.8, 4) is 0 Å². The van der Waals surface area contributed by atoms with Crippen molar-refractivity contribution in [1.82, 2.24) is 9.97 Å². The van der Waals surface area contributed by atoms with Gasteiger partial charge in [-0.25, -0.2) is 23.5 Å². The molecule has 3 rings (SSSR count). The Morgan fingerprint density at radius 1 is 1.10 bits per heavy atom. The van der Waals surface area contributed by atoms with Crippen LogP contribution in [-0.4, -0.2) is 37.4 Å². The number of amides is 1. The molecule has 0 bridgehead atoms. The molecule has 0 saturated carbocycles. The largest absolute Gasteiger partial charge is 0.417 e. The molecule has 3 heterocycles. The van der Waals surface area contributed by atoms with Crippen molar-refractivity contribution in [1.29, 1.82) is 0 Å². The van der Waals surface area contributed by atoms with Gasteiger partial charge in [-0.2, -0.15) is 13.2 Å². The van der Waals surface area contributed by atoms with Gasteiger partial charge in [0.2, 0.25) is 0 Å². The van der Waals surface area contributed by atoms with Crippen molar-refractivity contribution in [3.63, 3.8) is 0 Å². The molecule has 0 unspecified atom stereocenters. The van der Waals surface area contributed by atoms with Crippen molar-refractivity contribution in [2.24, 2.45) is 5.14 Å². The highest BCUT2D eigenvalue weighted by Crippen LogP contribution is 2.32. The summed E-state index contributed by atoms with van der Waals surface area (Å²) in [4.78, 5) is 22.2. The highest BCUT2D eigenvalue weighted by atomic mass is 32.2. The number of rotatable bonds is 4. The molecule has 162 valence electrons. The first-order chi connectivity index (χ1) is 14.1. The van der Waals surface area contributed by atoms with E-state index in [9.17, 15) is 26.4 Å². The second-order valence-corrected chi connectivity index (χ2v) is 8.38. The third-order valence-electron chi connectivity index (χ3n) is 4.63. The summed E-state index contributed by atoms with van der Waals surface area (Å²) in [6, 6.07) is 3.09. The van der Waals surface area contributed by atoms with Crippen molar-refractivity contribution in [2.45, 2.75) is 36.9 Å². The van der Waals surface area contributed by atoms with Gasteiger partial charge in [0.25, 0.3) is 15.9 Å². The van der Waals surface area contributed by atoms with Crippen LogP contribution >= 0.6 is 0 Å². The van der Waals surface area contributed by atoms with Gasteiger partial charge in [0, 0.05) is 37.2 Å². The number of hydrogen-bond acceptors (Lipinski definition) is 6. The maximum Gasteiger partial charge on any atom is 0.417 e. The summed E-state index contributed by atoms with van der Waals surface area (Å²) in [6.45, 7) is 1.15. The molecule has 3 N–H and O–H groups in total. The molecule has 1 aliphatic rings. The number of hydrogen-bond donors (Lipinski definition) is 2.